The summed E-state index contributed by atoms with van der Waals surface area (Å²) in [7, 11) is 0. The van der Waals surface area contributed by atoms with E-state index in [4.69, 9.17) is 10.2 Å². The van der Waals surface area contributed by atoms with Gasteiger partial charge in [0.05, 0.1) is 6.54 Å². The van der Waals surface area contributed by atoms with Crippen molar-refractivity contribution in [3.63, 3.8) is 0 Å². The van der Waals surface area contributed by atoms with Gasteiger partial charge in [0.1, 0.15) is 0 Å². The van der Waals surface area contributed by atoms with Gasteiger partial charge in [-0.3, -0.25) is 9.69 Å². The molecular weight excluding hydrogens is 286 g/mol. The molecule has 128 valence electrons. The first-order chi connectivity index (χ1) is 10.3. The smallest absolute Gasteiger partial charge is 0.317 e. The number of amides is 2. The molecule has 4 N–H and O–H groups in total. The quantitative estimate of drug-likeness (QED) is 0.503. The van der Waals surface area contributed by atoms with Crippen LogP contribution in [0, 0.1) is 0 Å². The second-order valence-electron chi connectivity index (χ2n) is 6.27. The second kappa shape index (κ2) is 8.33. The SMILES string of the molecule is CCN(CC(=O)O)C1CC(NC(=O)NC(C)(CC)CCO)C1. The lowest BCUT2D eigenvalue weighted by Crippen LogP contribution is -2.58. The van der Waals surface area contributed by atoms with E-state index >= 15 is 0 Å². The molecule has 1 unspecified atom stereocenters. The summed E-state index contributed by atoms with van der Waals surface area (Å²) in [4.78, 5) is 24.7. The summed E-state index contributed by atoms with van der Waals surface area (Å²) in [5, 5.41) is 23.7. The van der Waals surface area contributed by atoms with Gasteiger partial charge in [-0.25, -0.2) is 4.79 Å². The fourth-order valence-corrected chi connectivity index (χ4v) is 2.75. The molecule has 0 heterocycles. The molecule has 22 heavy (non-hydrogen) atoms. The highest BCUT2D eigenvalue weighted by molar-refractivity contribution is 5.75. The van der Waals surface area contributed by atoms with Gasteiger partial charge >= 0.3 is 12.0 Å². The number of aliphatic hydroxyl groups excluding tert-OH is 1. The summed E-state index contributed by atoms with van der Waals surface area (Å²) in [6.45, 7) is 6.61. The molecule has 1 saturated carbocycles. The fraction of sp³-hybridized carbons (Fsp3) is 0.867. The van der Waals surface area contributed by atoms with E-state index in [-0.39, 0.29) is 31.3 Å². The zero-order valence-corrected chi connectivity index (χ0v) is 13.8. The van der Waals surface area contributed by atoms with E-state index in [9.17, 15) is 9.59 Å². The van der Waals surface area contributed by atoms with Gasteiger partial charge in [0, 0.05) is 24.2 Å². The zero-order chi connectivity index (χ0) is 16.8. The Morgan fingerprint density at radius 1 is 1.32 bits per heavy atom. The number of rotatable bonds is 9. The first-order valence-electron chi connectivity index (χ1n) is 7.99. The number of aliphatic carboxylic acids is 1. The minimum Gasteiger partial charge on any atom is -0.480 e. The van der Waals surface area contributed by atoms with Crippen LogP contribution in [-0.4, -0.2) is 64.4 Å². The Hall–Kier alpha value is -1.34. The number of hydrogen-bond donors (Lipinski definition) is 4. The molecule has 7 nitrogen and oxygen atoms in total. The van der Waals surface area contributed by atoms with E-state index in [1.807, 2.05) is 25.7 Å². The predicted molar refractivity (Wildman–Crippen MR) is 83.8 cm³/mol. The van der Waals surface area contributed by atoms with Crippen LogP contribution in [0.5, 0.6) is 0 Å². The van der Waals surface area contributed by atoms with Crippen LogP contribution >= 0.6 is 0 Å². The molecule has 7 heteroatoms. The molecular formula is C15H29N3O4. The van der Waals surface area contributed by atoms with E-state index in [2.05, 4.69) is 10.6 Å². The molecule has 1 atom stereocenters. The summed E-state index contributed by atoms with van der Waals surface area (Å²) in [5.74, 6) is -0.821. The van der Waals surface area contributed by atoms with Gasteiger partial charge in [0.2, 0.25) is 0 Å². The number of nitrogens with one attached hydrogen (secondary N) is 2. The Bertz CT molecular complexity index is 385. The van der Waals surface area contributed by atoms with Gasteiger partial charge < -0.3 is 20.8 Å². The van der Waals surface area contributed by atoms with E-state index in [1.54, 1.807) is 0 Å². The number of carbonyl (C=O) groups is 2. The molecule has 1 rings (SSSR count). The first-order valence-corrected chi connectivity index (χ1v) is 7.99. The third-order valence-corrected chi connectivity index (χ3v) is 4.57. The van der Waals surface area contributed by atoms with Crippen molar-refractivity contribution in [2.75, 3.05) is 19.7 Å². The molecule has 0 bridgehead atoms. The molecule has 0 aromatic rings. The molecule has 1 aliphatic rings. The molecule has 1 aliphatic carbocycles. The maximum atomic E-state index is 12.0. The summed E-state index contributed by atoms with van der Waals surface area (Å²) in [5.41, 5.74) is -0.402. The van der Waals surface area contributed by atoms with Crippen molar-refractivity contribution in [3.05, 3.63) is 0 Å². The monoisotopic (exact) mass is 315 g/mol. The Morgan fingerprint density at radius 2 is 1.95 bits per heavy atom. The third kappa shape index (κ3) is 5.46. The lowest BCUT2D eigenvalue weighted by atomic mass is 9.85. The largest absolute Gasteiger partial charge is 0.480 e. The van der Waals surface area contributed by atoms with Gasteiger partial charge in [0.25, 0.3) is 0 Å². The average Bonchev–Trinajstić information content (AvgIpc) is 2.40. The van der Waals surface area contributed by atoms with Crippen LogP contribution in [0.4, 0.5) is 4.79 Å². The van der Waals surface area contributed by atoms with E-state index < -0.39 is 11.5 Å². The topological polar surface area (TPSA) is 102 Å². The van der Waals surface area contributed by atoms with Crippen LogP contribution in [0.2, 0.25) is 0 Å². The fourth-order valence-electron chi connectivity index (χ4n) is 2.75. The molecule has 0 aromatic carbocycles. The number of carboxylic acid groups (broad SMARTS) is 1. The van der Waals surface area contributed by atoms with Crippen LogP contribution in [-0.2, 0) is 4.79 Å². The highest BCUT2D eigenvalue weighted by Gasteiger charge is 2.35. The first kappa shape index (κ1) is 18.7. The van der Waals surface area contributed by atoms with Gasteiger partial charge in [-0.05, 0) is 39.2 Å². The van der Waals surface area contributed by atoms with Crippen molar-refractivity contribution < 1.29 is 19.8 Å². The summed E-state index contributed by atoms with van der Waals surface area (Å²) < 4.78 is 0. The number of hydrogen-bond acceptors (Lipinski definition) is 4. The standard InChI is InChI=1S/C15H29N3O4/c1-4-15(3,6-7-19)17-14(22)16-11-8-12(9-11)18(5-2)10-13(20)21/h11-12,19H,4-10H2,1-3H3,(H,20,21)(H2,16,17,22). The van der Waals surface area contributed by atoms with Crippen LogP contribution in [0.15, 0.2) is 0 Å². The van der Waals surface area contributed by atoms with Crippen molar-refractivity contribution in [2.24, 2.45) is 0 Å². The Kier molecular flexibility index (Phi) is 7.09. The van der Waals surface area contributed by atoms with Gasteiger partial charge in [-0.1, -0.05) is 13.8 Å². The van der Waals surface area contributed by atoms with E-state index in [1.165, 1.54) is 0 Å². The molecule has 0 aliphatic heterocycles. The highest BCUT2D eigenvalue weighted by Crippen LogP contribution is 2.25. The normalized spacial score (nSPS) is 23.5. The van der Waals surface area contributed by atoms with E-state index in [0.717, 1.165) is 19.3 Å². The average molecular weight is 315 g/mol. The summed E-state index contributed by atoms with van der Waals surface area (Å²) >= 11 is 0. The molecule has 0 saturated heterocycles. The Balaban J connectivity index is 2.35. The van der Waals surface area contributed by atoms with Gasteiger partial charge in [-0.2, -0.15) is 0 Å². The molecule has 0 spiro atoms. The number of urea groups is 1. The third-order valence-electron chi connectivity index (χ3n) is 4.57. The van der Waals surface area contributed by atoms with Crippen molar-refractivity contribution in [3.8, 4) is 0 Å². The molecule has 1 fully saturated rings. The van der Waals surface area contributed by atoms with Crippen molar-refractivity contribution in [1.29, 1.82) is 0 Å². The Labute approximate surface area is 132 Å². The summed E-state index contributed by atoms with van der Waals surface area (Å²) in [6.07, 6.45) is 2.82. The van der Waals surface area contributed by atoms with Gasteiger partial charge in [-0.15, -0.1) is 0 Å². The van der Waals surface area contributed by atoms with Crippen LogP contribution in [0.1, 0.15) is 46.5 Å². The Morgan fingerprint density at radius 3 is 2.41 bits per heavy atom. The number of likely N-dealkylation sites (N-methyl/N-ethyl adjacent to an activating group) is 1. The molecule has 2 amide bonds. The van der Waals surface area contributed by atoms with Crippen LogP contribution < -0.4 is 10.6 Å². The maximum absolute atomic E-state index is 12.0. The highest BCUT2D eigenvalue weighted by atomic mass is 16.4. The lowest BCUT2D eigenvalue weighted by Gasteiger charge is -2.42. The summed E-state index contributed by atoms with van der Waals surface area (Å²) in [6, 6.07) is 0.0898. The number of carbonyl (C=O) groups excluding carboxylic acids is 1. The number of carboxylic acids is 1. The van der Waals surface area contributed by atoms with Crippen molar-refractivity contribution in [1.82, 2.24) is 15.5 Å². The minimum absolute atomic E-state index is 0.0385. The predicted octanol–water partition coefficient (Wildman–Crippen LogP) is 0.774. The van der Waals surface area contributed by atoms with Crippen molar-refractivity contribution >= 4 is 12.0 Å². The second-order valence-corrected chi connectivity index (χ2v) is 6.27. The zero-order valence-electron chi connectivity index (χ0n) is 13.8. The van der Waals surface area contributed by atoms with Crippen LogP contribution in [0.25, 0.3) is 0 Å². The number of aliphatic hydroxyl groups is 1. The number of nitrogens with zero attached hydrogens (tertiary/aromatic N) is 1. The minimum atomic E-state index is -0.821. The molecule has 0 aromatic heterocycles. The molecule has 0 radical (unpaired) electrons. The lowest BCUT2D eigenvalue weighted by molar-refractivity contribution is -0.139. The van der Waals surface area contributed by atoms with E-state index in [0.29, 0.717) is 13.0 Å². The van der Waals surface area contributed by atoms with Gasteiger partial charge in [0.15, 0.2) is 0 Å². The van der Waals surface area contributed by atoms with Crippen molar-refractivity contribution in [2.45, 2.75) is 64.1 Å². The van der Waals surface area contributed by atoms with Crippen LogP contribution in [0.3, 0.4) is 0 Å². The maximum Gasteiger partial charge on any atom is 0.317 e.